The lowest BCUT2D eigenvalue weighted by Gasteiger charge is -2.35. The second-order valence-electron chi connectivity index (χ2n) is 9.37. The molecule has 0 aliphatic carbocycles. The predicted octanol–water partition coefficient (Wildman–Crippen LogP) is 7.36. The number of rotatable bonds is 5. The topological polar surface area (TPSA) is 66.5 Å². The summed E-state index contributed by atoms with van der Waals surface area (Å²) in [5.74, 6) is -0.323. The summed E-state index contributed by atoms with van der Waals surface area (Å²) in [7, 11) is 1.72. The molecule has 0 bridgehead atoms. The number of benzene rings is 1. The van der Waals surface area contributed by atoms with Gasteiger partial charge in [0.1, 0.15) is 10.4 Å². The van der Waals surface area contributed by atoms with Crippen LogP contribution in [0.1, 0.15) is 39.0 Å². The first-order valence-electron chi connectivity index (χ1n) is 11.5. The van der Waals surface area contributed by atoms with E-state index in [4.69, 9.17) is 4.74 Å². The highest BCUT2D eigenvalue weighted by Crippen LogP contribution is 2.39. The summed E-state index contributed by atoms with van der Waals surface area (Å²) in [5.41, 5.74) is 2.18. The predicted molar refractivity (Wildman–Crippen MR) is 146 cm³/mol. The third-order valence-corrected chi connectivity index (χ3v) is 7.72. The zero-order chi connectivity index (χ0) is 25.3. The number of amides is 1. The Bertz CT molecular complexity index is 1280. The third-order valence-electron chi connectivity index (χ3n) is 5.84. The van der Waals surface area contributed by atoms with Crippen molar-refractivity contribution in [1.29, 1.82) is 0 Å². The van der Waals surface area contributed by atoms with Crippen molar-refractivity contribution < 1.29 is 13.9 Å². The van der Waals surface area contributed by atoms with E-state index in [9.17, 15) is 4.79 Å². The number of fused-ring (bicyclic) bond motifs is 1. The fourth-order valence-electron chi connectivity index (χ4n) is 4.16. The summed E-state index contributed by atoms with van der Waals surface area (Å²) in [6.07, 6.45) is 6.28. The molecule has 9 heteroatoms. The van der Waals surface area contributed by atoms with E-state index in [2.05, 4.69) is 27.8 Å². The average Bonchev–Trinajstić information content (AvgIpc) is 3.24. The molecule has 0 spiro atoms. The molecule has 4 rings (SSSR count). The first-order chi connectivity index (χ1) is 16.6. The molecule has 0 saturated carbocycles. The summed E-state index contributed by atoms with van der Waals surface area (Å²) >= 11 is 3.06. The van der Waals surface area contributed by atoms with Gasteiger partial charge in [0.15, 0.2) is 5.82 Å². The maximum atomic E-state index is 15.2. The SMILES string of the molecule is CNc1c(SC)ccc(Nc2ccnc3sc(C4=CCCN(C(=O)OC(C)(C)C)C4C)cc23)c1F. The molecule has 0 fully saturated rings. The molecule has 186 valence electrons. The number of carbonyl (C=O) groups excluding carboxylic acids is 1. The number of aromatic nitrogens is 1. The Labute approximate surface area is 214 Å². The number of halogens is 1. The van der Waals surface area contributed by atoms with Gasteiger partial charge in [0.05, 0.1) is 23.1 Å². The van der Waals surface area contributed by atoms with Gasteiger partial charge >= 0.3 is 6.09 Å². The standard InChI is InChI=1S/C26H31FN4O2S2/c1-15-16(8-7-13-31(15)25(32)33-26(2,3)4)21-14-17-18(11-12-29-24(17)35-21)30-19-9-10-20(34-6)23(28-5)22(19)27/h8-12,14-15,28H,7,13H2,1-6H3,(H,29,30). The highest BCUT2D eigenvalue weighted by molar-refractivity contribution is 7.98. The molecular weight excluding hydrogens is 483 g/mol. The normalized spacial score (nSPS) is 16.3. The smallest absolute Gasteiger partial charge is 0.410 e. The largest absolute Gasteiger partial charge is 0.444 e. The van der Waals surface area contributed by atoms with Crippen molar-refractivity contribution in [2.75, 3.05) is 30.5 Å². The van der Waals surface area contributed by atoms with Crippen molar-refractivity contribution in [2.45, 2.75) is 50.7 Å². The van der Waals surface area contributed by atoms with E-state index in [-0.39, 0.29) is 18.0 Å². The molecule has 35 heavy (non-hydrogen) atoms. The first kappa shape index (κ1) is 25.3. The lowest BCUT2D eigenvalue weighted by molar-refractivity contribution is 0.0214. The fourth-order valence-corrected chi connectivity index (χ4v) is 5.91. The van der Waals surface area contributed by atoms with E-state index in [0.29, 0.717) is 17.9 Å². The van der Waals surface area contributed by atoms with E-state index >= 15 is 4.39 Å². The van der Waals surface area contributed by atoms with Gasteiger partial charge in [0, 0.05) is 34.9 Å². The zero-order valence-electron chi connectivity index (χ0n) is 20.9. The third kappa shape index (κ3) is 5.26. The van der Waals surface area contributed by atoms with Gasteiger partial charge in [-0.25, -0.2) is 14.2 Å². The van der Waals surface area contributed by atoms with Gasteiger partial charge in [-0.2, -0.15) is 0 Å². The number of pyridine rings is 1. The molecule has 2 N–H and O–H groups in total. The molecule has 1 aliphatic rings. The number of ether oxygens (including phenoxy) is 1. The maximum Gasteiger partial charge on any atom is 0.410 e. The van der Waals surface area contributed by atoms with E-state index in [0.717, 1.165) is 37.7 Å². The number of nitrogens with one attached hydrogen (secondary N) is 2. The monoisotopic (exact) mass is 514 g/mol. The van der Waals surface area contributed by atoms with Crippen molar-refractivity contribution in [3.63, 3.8) is 0 Å². The molecule has 3 aromatic rings. The molecule has 0 saturated heterocycles. The van der Waals surface area contributed by atoms with Crippen molar-refractivity contribution in [3.05, 3.63) is 47.2 Å². The number of nitrogens with zero attached hydrogens (tertiary/aromatic N) is 2. The van der Waals surface area contributed by atoms with Crippen LogP contribution in [0.4, 0.5) is 26.2 Å². The van der Waals surface area contributed by atoms with Crippen LogP contribution in [0.2, 0.25) is 0 Å². The number of hydrogen-bond donors (Lipinski definition) is 2. The van der Waals surface area contributed by atoms with Crippen LogP contribution < -0.4 is 10.6 Å². The summed E-state index contributed by atoms with van der Waals surface area (Å²) in [6, 6.07) is 7.46. The van der Waals surface area contributed by atoms with E-state index in [1.54, 1.807) is 35.5 Å². The van der Waals surface area contributed by atoms with E-state index < -0.39 is 5.60 Å². The highest BCUT2D eigenvalue weighted by Gasteiger charge is 2.31. The first-order valence-corrected chi connectivity index (χ1v) is 13.6. The van der Waals surface area contributed by atoms with Gasteiger partial charge in [-0.15, -0.1) is 23.1 Å². The lowest BCUT2D eigenvalue weighted by atomic mass is 10.00. The molecule has 1 aliphatic heterocycles. The number of thioether (sulfide) groups is 1. The number of thiophene rings is 1. The number of anilines is 3. The minimum Gasteiger partial charge on any atom is -0.444 e. The van der Waals surface area contributed by atoms with Crippen LogP contribution in [0.25, 0.3) is 15.8 Å². The summed E-state index contributed by atoms with van der Waals surface area (Å²) < 4.78 is 20.8. The Morgan fingerprint density at radius 1 is 1.29 bits per heavy atom. The Morgan fingerprint density at radius 2 is 2.06 bits per heavy atom. The molecule has 0 radical (unpaired) electrons. The van der Waals surface area contributed by atoms with Gasteiger partial charge in [0.2, 0.25) is 0 Å². The minimum atomic E-state index is -0.545. The molecule has 1 amide bonds. The van der Waals surface area contributed by atoms with Gasteiger partial charge in [-0.3, -0.25) is 0 Å². The zero-order valence-corrected chi connectivity index (χ0v) is 22.5. The van der Waals surface area contributed by atoms with E-state index in [1.807, 2.05) is 46.1 Å². The van der Waals surface area contributed by atoms with Crippen molar-refractivity contribution in [1.82, 2.24) is 9.88 Å². The fraction of sp³-hybridized carbons (Fsp3) is 0.385. The molecule has 2 aromatic heterocycles. The van der Waals surface area contributed by atoms with Crippen molar-refractivity contribution >= 4 is 62.0 Å². The van der Waals surface area contributed by atoms with Crippen LogP contribution >= 0.6 is 23.1 Å². The van der Waals surface area contributed by atoms with Crippen molar-refractivity contribution in [3.8, 4) is 0 Å². The van der Waals surface area contributed by atoms with Gasteiger partial charge in [0.25, 0.3) is 0 Å². The number of carbonyl (C=O) groups is 1. The van der Waals surface area contributed by atoms with Crippen LogP contribution in [0.5, 0.6) is 0 Å². The van der Waals surface area contributed by atoms with Crippen LogP contribution in [-0.2, 0) is 4.74 Å². The summed E-state index contributed by atoms with van der Waals surface area (Å²) in [5, 5.41) is 7.13. The van der Waals surface area contributed by atoms with Gasteiger partial charge < -0.3 is 20.3 Å². The molecule has 1 atom stereocenters. The summed E-state index contributed by atoms with van der Waals surface area (Å²) in [6.45, 7) is 8.26. The molecular formula is C26H31FN4O2S2. The van der Waals surface area contributed by atoms with Crippen LogP contribution in [0.3, 0.4) is 0 Å². The van der Waals surface area contributed by atoms with E-state index in [1.165, 1.54) is 11.8 Å². The second kappa shape index (κ2) is 10.1. The summed E-state index contributed by atoms with van der Waals surface area (Å²) in [4.78, 5) is 21.8. The average molecular weight is 515 g/mol. The van der Waals surface area contributed by atoms with Gasteiger partial charge in [-0.1, -0.05) is 6.08 Å². The minimum absolute atomic E-state index is 0.127. The Balaban J connectivity index is 1.65. The molecule has 1 unspecified atom stereocenters. The molecule has 6 nitrogen and oxygen atoms in total. The Morgan fingerprint density at radius 3 is 2.74 bits per heavy atom. The molecule has 3 heterocycles. The second-order valence-corrected chi connectivity index (χ2v) is 11.2. The van der Waals surface area contributed by atoms with Crippen LogP contribution in [-0.4, -0.2) is 47.5 Å². The molecule has 1 aromatic carbocycles. The van der Waals surface area contributed by atoms with Crippen LogP contribution in [0.15, 0.2) is 41.4 Å². The quantitative estimate of drug-likeness (QED) is 0.347. The number of hydrogen-bond acceptors (Lipinski definition) is 7. The van der Waals surface area contributed by atoms with Crippen molar-refractivity contribution in [2.24, 2.45) is 0 Å². The highest BCUT2D eigenvalue weighted by atomic mass is 32.2. The lowest BCUT2D eigenvalue weighted by Crippen LogP contribution is -2.44. The Kier molecular flexibility index (Phi) is 7.28. The van der Waals surface area contributed by atoms with Crippen LogP contribution in [0, 0.1) is 5.82 Å². The maximum absolute atomic E-state index is 15.2. The Hall–Kier alpha value is -2.78. The van der Waals surface area contributed by atoms with Gasteiger partial charge in [-0.05, 0) is 70.2 Å².